The van der Waals surface area contributed by atoms with E-state index in [0.717, 1.165) is 25.7 Å². The van der Waals surface area contributed by atoms with E-state index in [1.165, 1.54) is 0 Å². The first-order valence-corrected chi connectivity index (χ1v) is 6.12. The molecule has 0 saturated carbocycles. The summed E-state index contributed by atoms with van der Waals surface area (Å²) in [5.74, 6) is 0.191. The van der Waals surface area contributed by atoms with Crippen molar-refractivity contribution in [3.8, 4) is 0 Å². The van der Waals surface area contributed by atoms with E-state index in [2.05, 4.69) is 11.4 Å². The molecule has 0 aliphatic carbocycles. The monoisotopic (exact) mass is 222 g/mol. The van der Waals surface area contributed by atoms with Crippen molar-refractivity contribution in [3.63, 3.8) is 0 Å². The van der Waals surface area contributed by atoms with Crippen molar-refractivity contribution < 1.29 is 56.6 Å². The van der Waals surface area contributed by atoms with Crippen molar-refractivity contribution in [1.29, 1.82) is 0 Å². The van der Waals surface area contributed by atoms with Gasteiger partial charge in [-0.25, -0.2) is 0 Å². The van der Waals surface area contributed by atoms with Crippen LogP contribution in [-0.2, 0) is 9.09 Å². The molecule has 80 valence electrons. The normalized spacial score (nSPS) is 12.5. The van der Waals surface area contributed by atoms with Gasteiger partial charge in [-0.1, -0.05) is 33.1 Å². The van der Waals surface area contributed by atoms with E-state index in [9.17, 15) is 14.4 Å². The Morgan fingerprint density at radius 3 is 2.13 bits per heavy atom. The molecule has 0 aromatic heterocycles. The molecular formula is C8H17Li2O4P. The summed E-state index contributed by atoms with van der Waals surface area (Å²) in [7, 11) is -4.76. The minimum Gasteiger partial charge on any atom is -0.790 e. The van der Waals surface area contributed by atoms with Gasteiger partial charge >= 0.3 is 37.7 Å². The minimum absolute atomic E-state index is 0. The zero-order chi connectivity index (χ0) is 10.3. The molecule has 0 aliphatic rings. The third kappa shape index (κ3) is 15.3. The Balaban J connectivity index is -0.000000720. The standard InChI is InChI=1S/C8H19O4P.2Li/c1-3-5-6-8(4-2)7-12-13(9,10)11;;/h8H,3-7H2,1-2H3,(H2,9,10,11);;/q;2*+1/p-2. The van der Waals surface area contributed by atoms with Crippen LogP contribution in [0.3, 0.4) is 0 Å². The second kappa shape index (κ2) is 11.8. The molecule has 4 nitrogen and oxygen atoms in total. The van der Waals surface area contributed by atoms with Crippen LogP contribution in [0.2, 0.25) is 0 Å². The fourth-order valence-electron chi connectivity index (χ4n) is 1.09. The molecule has 0 saturated heterocycles. The quantitative estimate of drug-likeness (QED) is 0.319. The summed E-state index contributed by atoms with van der Waals surface area (Å²) in [5.41, 5.74) is 0. The van der Waals surface area contributed by atoms with Crippen LogP contribution in [0.15, 0.2) is 0 Å². The van der Waals surface area contributed by atoms with E-state index in [1.807, 2.05) is 6.92 Å². The maximum atomic E-state index is 10.2. The number of phosphoric ester groups is 1. The molecule has 0 aromatic carbocycles. The Bertz CT molecular complexity index is 174. The topological polar surface area (TPSA) is 72.4 Å². The average Bonchev–Trinajstić information content (AvgIpc) is 2.03. The van der Waals surface area contributed by atoms with Crippen molar-refractivity contribution >= 4 is 7.82 Å². The Morgan fingerprint density at radius 1 is 1.27 bits per heavy atom. The first-order chi connectivity index (χ1) is 5.99. The van der Waals surface area contributed by atoms with Gasteiger partial charge in [-0.3, -0.25) is 0 Å². The average molecular weight is 222 g/mol. The van der Waals surface area contributed by atoms with Gasteiger partial charge in [-0.05, 0) is 12.3 Å². The summed E-state index contributed by atoms with van der Waals surface area (Å²) >= 11 is 0. The van der Waals surface area contributed by atoms with E-state index in [4.69, 9.17) is 0 Å². The summed E-state index contributed by atoms with van der Waals surface area (Å²) in [6, 6.07) is 0. The second-order valence-corrected chi connectivity index (χ2v) is 4.31. The fourth-order valence-corrected chi connectivity index (χ4v) is 1.49. The predicted molar refractivity (Wildman–Crippen MR) is 46.9 cm³/mol. The van der Waals surface area contributed by atoms with Crippen LogP contribution in [0, 0.1) is 5.92 Å². The predicted octanol–water partition coefficient (Wildman–Crippen LogP) is -4.94. The number of hydrogen-bond donors (Lipinski definition) is 0. The molecule has 7 heteroatoms. The second-order valence-electron chi connectivity index (χ2n) is 3.16. The SMILES string of the molecule is CCCCC(CC)COP(=O)([O-])[O-].[Li+].[Li+]. The van der Waals surface area contributed by atoms with Crippen LogP contribution in [0.25, 0.3) is 0 Å². The first-order valence-electron chi connectivity index (χ1n) is 4.66. The molecule has 0 fully saturated rings. The van der Waals surface area contributed by atoms with E-state index in [1.54, 1.807) is 0 Å². The number of rotatable bonds is 7. The maximum Gasteiger partial charge on any atom is 1.00 e. The molecule has 0 heterocycles. The van der Waals surface area contributed by atoms with Crippen LogP contribution in [0.5, 0.6) is 0 Å². The van der Waals surface area contributed by atoms with E-state index < -0.39 is 7.82 Å². The van der Waals surface area contributed by atoms with Gasteiger partial charge < -0.3 is 18.9 Å². The summed E-state index contributed by atoms with van der Waals surface area (Å²) < 4.78 is 14.4. The van der Waals surface area contributed by atoms with E-state index >= 15 is 0 Å². The van der Waals surface area contributed by atoms with Crippen molar-refractivity contribution in [2.75, 3.05) is 6.61 Å². The summed E-state index contributed by atoms with van der Waals surface area (Å²) in [6.45, 7) is 4.07. The molecule has 0 spiro atoms. The number of phosphoric acid groups is 1. The van der Waals surface area contributed by atoms with Crippen LogP contribution >= 0.6 is 7.82 Å². The van der Waals surface area contributed by atoms with Crippen LogP contribution in [0.4, 0.5) is 0 Å². The van der Waals surface area contributed by atoms with E-state index in [-0.39, 0.29) is 50.2 Å². The largest absolute Gasteiger partial charge is 1.00 e. The third-order valence-electron chi connectivity index (χ3n) is 2.01. The molecule has 0 bridgehead atoms. The Hall–Kier alpha value is 1.30. The van der Waals surface area contributed by atoms with Gasteiger partial charge in [0.2, 0.25) is 0 Å². The third-order valence-corrected chi connectivity index (χ3v) is 2.48. The molecule has 1 atom stereocenters. The van der Waals surface area contributed by atoms with Crippen LogP contribution in [-0.4, -0.2) is 6.61 Å². The first kappa shape index (κ1) is 21.6. The van der Waals surface area contributed by atoms with Gasteiger partial charge in [-0.15, -0.1) is 0 Å². The molecular weight excluding hydrogens is 205 g/mol. The fraction of sp³-hybridized carbons (Fsp3) is 1.00. The molecule has 1 unspecified atom stereocenters. The molecule has 0 aromatic rings. The van der Waals surface area contributed by atoms with E-state index in [0.29, 0.717) is 0 Å². The molecule has 0 rings (SSSR count). The zero-order valence-electron chi connectivity index (χ0n) is 10.2. The van der Waals surface area contributed by atoms with Gasteiger partial charge in [0.1, 0.15) is 0 Å². The van der Waals surface area contributed by atoms with Gasteiger partial charge in [0.05, 0.1) is 14.4 Å². The van der Waals surface area contributed by atoms with Crippen molar-refractivity contribution in [3.05, 3.63) is 0 Å². The molecule has 0 amide bonds. The summed E-state index contributed by atoms with van der Waals surface area (Å²) in [6.07, 6.45) is 3.89. The van der Waals surface area contributed by atoms with Gasteiger partial charge in [0, 0.05) is 0 Å². The minimum atomic E-state index is -4.76. The van der Waals surface area contributed by atoms with Gasteiger partial charge in [0.15, 0.2) is 0 Å². The van der Waals surface area contributed by atoms with Gasteiger partial charge in [-0.2, -0.15) is 0 Å². The summed E-state index contributed by atoms with van der Waals surface area (Å²) in [4.78, 5) is 20.4. The number of hydrogen-bond acceptors (Lipinski definition) is 4. The Labute approximate surface area is 116 Å². The molecule has 0 aliphatic heterocycles. The van der Waals surface area contributed by atoms with Crippen LogP contribution in [0.1, 0.15) is 39.5 Å². The molecule has 15 heavy (non-hydrogen) atoms. The smallest absolute Gasteiger partial charge is 0.790 e. The zero-order valence-corrected chi connectivity index (χ0v) is 11.1. The summed E-state index contributed by atoms with van der Waals surface area (Å²) in [5, 5.41) is 0. The molecule has 0 radical (unpaired) electrons. The number of unbranched alkanes of at least 4 members (excludes halogenated alkanes) is 1. The Morgan fingerprint density at radius 2 is 1.80 bits per heavy atom. The maximum absolute atomic E-state index is 10.2. The molecule has 0 N–H and O–H groups in total. The van der Waals surface area contributed by atoms with Crippen molar-refractivity contribution in [1.82, 2.24) is 0 Å². The van der Waals surface area contributed by atoms with Crippen molar-refractivity contribution in [2.24, 2.45) is 5.92 Å². The van der Waals surface area contributed by atoms with Crippen molar-refractivity contribution in [2.45, 2.75) is 39.5 Å². The Kier molecular flexibility index (Phi) is 16.9. The van der Waals surface area contributed by atoms with Gasteiger partial charge in [0.25, 0.3) is 0 Å². The van der Waals surface area contributed by atoms with Crippen LogP contribution < -0.4 is 47.5 Å².